The van der Waals surface area contributed by atoms with E-state index in [1.165, 1.54) is 45.1 Å². The molecule has 0 unspecified atom stereocenters. The van der Waals surface area contributed by atoms with Gasteiger partial charge < -0.3 is 5.32 Å². The van der Waals surface area contributed by atoms with E-state index in [1.807, 2.05) is 0 Å². The van der Waals surface area contributed by atoms with Crippen molar-refractivity contribution in [1.29, 1.82) is 0 Å². The molecule has 0 aromatic heterocycles. The predicted octanol–water partition coefficient (Wildman–Crippen LogP) is 3.90. The maximum atomic E-state index is 3.62. The van der Waals surface area contributed by atoms with Gasteiger partial charge >= 0.3 is 0 Å². The molecule has 1 aliphatic rings. The third kappa shape index (κ3) is 5.99. The summed E-state index contributed by atoms with van der Waals surface area (Å²) in [5.41, 5.74) is 1.69. The zero-order valence-corrected chi connectivity index (χ0v) is 10.7. The van der Waals surface area contributed by atoms with E-state index >= 15 is 0 Å². The van der Waals surface area contributed by atoms with Gasteiger partial charge in [-0.15, -0.1) is 0 Å². The second-order valence-corrected chi connectivity index (χ2v) is 5.34. The molecule has 0 saturated carbocycles. The topological polar surface area (TPSA) is 12.0 Å². The molecule has 0 spiro atoms. The molecule has 0 aliphatic heterocycles. The van der Waals surface area contributed by atoms with Crippen LogP contribution in [-0.4, -0.2) is 12.6 Å². The van der Waals surface area contributed by atoms with Crippen molar-refractivity contribution in [2.75, 3.05) is 6.54 Å². The van der Waals surface area contributed by atoms with Crippen molar-refractivity contribution < 1.29 is 0 Å². The van der Waals surface area contributed by atoms with Crippen molar-refractivity contribution in [3.05, 3.63) is 11.6 Å². The lowest BCUT2D eigenvalue weighted by molar-refractivity contribution is 0.442. The number of hydrogen-bond donors (Lipinski definition) is 1. The molecule has 1 rings (SSSR count). The van der Waals surface area contributed by atoms with Crippen LogP contribution < -0.4 is 5.32 Å². The number of nitrogens with one attached hydrogen (secondary N) is 1. The maximum Gasteiger partial charge on any atom is 0.00412 e. The Morgan fingerprint density at radius 1 is 1.27 bits per heavy atom. The Hall–Kier alpha value is -0.300. The van der Waals surface area contributed by atoms with E-state index in [2.05, 4.69) is 32.2 Å². The first-order valence-corrected chi connectivity index (χ1v) is 6.59. The summed E-state index contributed by atoms with van der Waals surface area (Å²) in [4.78, 5) is 0. The summed E-state index contributed by atoms with van der Waals surface area (Å²) >= 11 is 0. The van der Waals surface area contributed by atoms with E-state index in [9.17, 15) is 0 Å². The summed E-state index contributed by atoms with van der Waals surface area (Å²) in [6.07, 6.45) is 10.5. The van der Waals surface area contributed by atoms with Gasteiger partial charge in [0.2, 0.25) is 0 Å². The van der Waals surface area contributed by atoms with Crippen LogP contribution in [0.1, 0.15) is 59.3 Å². The minimum atomic E-state index is 0.675. The van der Waals surface area contributed by atoms with Gasteiger partial charge in [-0.1, -0.05) is 25.5 Å². The minimum absolute atomic E-state index is 0.675. The summed E-state index contributed by atoms with van der Waals surface area (Å²) in [5.74, 6) is 0.807. The van der Waals surface area contributed by atoms with Gasteiger partial charge in [-0.05, 0) is 57.9 Å². The van der Waals surface area contributed by atoms with E-state index in [1.54, 1.807) is 5.57 Å². The first-order chi connectivity index (χ1) is 7.18. The second-order valence-electron chi connectivity index (χ2n) is 5.34. The quantitative estimate of drug-likeness (QED) is 0.654. The van der Waals surface area contributed by atoms with Crippen molar-refractivity contribution in [3.63, 3.8) is 0 Å². The SMILES string of the molecule is CC(C)C[C@H](C)NCCC1=CCCCC1. The lowest BCUT2D eigenvalue weighted by Crippen LogP contribution is -2.28. The lowest BCUT2D eigenvalue weighted by atomic mass is 9.97. The standard InChI is InChI=1S/C14H27N/c1-12(2)11-13(3)15-10-9-14-7-5-4-6-8-14/h7,12-13,15H,4-6,8-11H2,1-3H3/t13-/m0/s1. The molecule has 1 aliphatic carbocycles. The highest BCUT2D eigenvalue weighted by Crippen LogP contribution is 2.19. The largest absolute Gasteiger partial charge is 0.314 e. The minimum Gasteiger partial charge on any atom is -0.314 e. The second kappa shape index (κ2) is 7.05. The Morgan fingerprint density at radius 3 is 2.67 bits per heavy atom. The van der Waals surface area contributed by atoms with Crippen LogP contribution >= 0.6 is 0 Å². The van der Waals surface area contributed by atoms with Gasteiger partial charge in [0, 0.05) is 6.04 Å². The molecule has 0 bridgehead atoms. The predicted molar refractivity (Wildman–Crippen MR) is 68.1 cm³/mol. The molecule has 15 heavy (non-hydrogen) atoms. The van der Waals surface area contributed by atoms with Gasteiger partial charge in [-0.3, -0.25) is 0 Å². The van der Waals surface area contributed by atoms with Crippen LogP contribution in [0.4, 0.5) is 0 Å². The Kier molecular flexibility index (Phi) is 6.00. The van der Waals surface area contributed by atoms with Crippen molar-refractivity contribution >= 4 is 0 Å². The molecular formula is C14H27N. The average Bonchev–Trinajstić information content (AvgIpc) is 2.18. The van der Waals surface area contributed by atoms with Crippen LogP contribution in [0.15, 0.2) is 11.6 Å². The smallest absolute Gasteiger partial charge is 0.00412 e. The summed E-state index contributed by atoms with van der Waals surface area (Å²) in [6, 6.07) is 0.675. The fourth-order valence-corrected chi connectivity index (χ4v) is 2.40. The molecular weight excluding hydrogens is 182 g/mol. The van der Waals surface area contributed by atoms with Crippen LogP contribution in [0.5, 0.6) is 0 Å². The monoisotopic (exact) mass is 209 g/mol. The van der Waals surface area contributed by atoms with Crippen LogP contribution in [0.25, 0.3) is 0 Å². The highest BCUT2D eigenvalue weighted by molar-refractivity contribution is 5.05. The molecule has 1 nitrogen and oxygen atoms in total. The molecule has 1 N–H and O–H groups in total. The Labute approximate surface area is 95.3 Å². The zero-order chi connectivity index (χ0) is 11.1. The third-order valence-electron chi connectivity index (χ3n) is 3.15. The van der Waals surface area contributed by atoms with E-state index in [0.717, 1.165) is 5.92 Å². The number of hydrogen-bond acceptors (Lipinski definition) is 1. The first-order valence-electron chi connectivity index (χ1n) is 6.59. The van der Waals surface area contributed by atoms with E-state index < -0.39 is 0 Å². The van der Waals surface area contributed by atoms with Crippen LogP contribution in [-0.2, 0) is 0 Å². The van der Waals surface area contributed by atoms with Gasteiger partial charge in [0.05, 0.1) is 0 Å². The number of rotatable bonds is 6. The van der Waals surface area contributed by atoms with E-state index in [-0.39, 0.29) is 0 Å². The highest BCUT2D eigenvalue weighted by Gasteiger charge is 2.06. The molecule has 0 aromatic rings. The normalized spacial score (nSPS) is 19.1. The molecule has 0 saturated heterocycles. The fraction of sp³-hybridized carbons (Fsp3) is 0.857. The van der Waals surface area contributed by atoms with Crippen LogP contribution in [0.2, 0.25) is 0 Å². The van der Waals surface area contributed by atoms with Crippen molar-refractivity contribution in [2.24, 2.45) is 5.92 Å². The van der Waals surface area contributed by atoms with Crippen LogP contribution in [0.3, 0.4) is 0 Å². The Bertz CT molecular complexity index is 194. The maximum absolute atomic E-state index is 3.62. The van der Waals surface area contributed by atoms with Gasteiger partial charge in [0.25, 0.3) is 0 Å². The summed E-state index contributed by atoms with van der Waals surface area (Å²) in [7, 11) is 0. The molecule has 88 valence electrons. The molecule has 0 aromatic carbocycles. The molecule has 1 atom stereocenters. The van der Waals surface area contributed by atoms with E-state index in [0.29, 0.717) is 6.04 Å². The molecule has 0 fully saturated rings. The summed E-state index contributed by atoms with van der Waals surface area (Å²) in [5, 5.41) is 3.62. The molecule has 1 heteroatoms. The Balaban J connectivity index is 2.07. The summed E-state index contributed by atoms with van der Waals surface area (Å²) < 4.78 is 0. The van der Waals surface area contributed by atoms with Crippen molar-refractivity contribution in [1.82, 2.24) is 5.32 Å². The lowest BCUT2D eigenvalue weighted by Gasteiger charge is -2.17. The molecule has 0 radical (unpaired) electrons. The van der Waals surface area contributed by atoms with E-state index in [4.69, 9.17) is 0 Å². The molecule has 0 amide bonds. The van der Waals surface area contributed by atoms with Gasteiger partial charge in [-0.2, -0.15) is 0 Å². The summed E-state index contributed by atoms with van der Waals surface area (Å²) in [6.45, 7) is 8.05. The van der Waals surface area contributed by atoms with Gasteiger partial charge in [0.15, 0.2) is 0 Å². The highest BCUT2D eigenvalue weighted by atomic mass is 14.9. The average molecular weight is 209 g/mol. The third-order valence-corrected chi connectivity index (χ3v) is 3.15. The van der Waals surface area contributed by atoms with Crippen LogP contribution in [0, 0.1) is 5.92 Å². The van der Waals surface area contributed by atoms with Gasteiger partial charge in [0.1, 0.15) is 0 Å². The first kappa shape index (κ1) is 12.8. The zero-order valence-electron chi connectivity index (χ0n) is 10.7. The van der Waals surface area contributed by atoms with Gasteiger partial charge in [-0.25, -0.2) is 0 Å². The number of allylic oxidation sites excluding steroid dienone is 1. The van der Waals surface area contributed by atoms with Crippen molar-refractivity contribution in [2.45, 2.75) is 65.3 Å². The fourth-order valence-electron chi connectivity index (χ4n) is 2.40. The molecule has 0 heterocycles. The Morgan fingerprint density at radius 2 is 2.07 bits per heavy atom. The van der Waals surface area contributed by atoms with Crippen molar-refractivity contribution in [3.8, 4) is 0 Å².